The van der Waals surface area contributed by atoms with Gasteiger partial charge in [-0.25, -0.2) is 0 Å². The first kappa shape index (κ1) is 13.7. The molecule has 2 saturated carbocycles. The molecule has 1 heterocycles. The van der Waals surface area contributed by atoms with Crippen molar-refractivity contribution in [1.29, 1.82) is 0 Å². The van der Waals surface area contributed by atoms with Gasteiger partial charge in [-0.2, -0.15) is 0 Å². The SMILES string of the molecule is CC1=Cc2ccc3ccccc3c2OC12C1CCCC2CCC1. The third-order valence-corrected chi connectivity index (χ3v) is 6.59. The van der Waals surface area contributed by atoms with Crippen LogP contribution in [0.15, 0.2) is 42.0 Å². The van der Waals surface area contributed by atoms with E-state index in [4.69, 9.17) is 4.74 Å². The maximum atomic E-state index is 6.98. The van der Waals surface area contributed by atoms with Crippen molar-refractivity contribution < 1.29 is 4.74 Å². The van der Waals surface area contributed by atoms with Gasteiger partial charge >= 0.3 is 0 Å². The molecule has 3 aliphatic rings. The minimum Gasteiger partial charge on any atom is -0.481 e. The number of hydrogen-bond donors (Lipinski definition) is 0. The van der Waals surface area contributed by atoms with Crippen LogP contribution in [0, 0.1) is 11.8 Å². The first-order chi connectivity index (χ1) is 11.3. The summed E-state index contributed by atoms with van der Waals surface area (Å²) in [5.41, 5.74) is 2.71. The predicted octanol–water partition coefficient (Wildman–Crippen LogP) is 5.97. The summed E-state index contributed by atoms with van der Waals surface area (Å²) in [6.45, 7) is 2.31. The van der Waals surface area contributed by atoms with Crippen LogP contribution in [0.25, 0.3) is 16.8 Å². The maximum absolute atomic E-state index is 6.98. The first-order valence-corrected chi connectivity index (χ1v) is 9.18. The van der Waals surface area contributed by atoms with E-state index in [2.05, 4.69) is 49.4 Å². The lowest BCUT2D eigenvalue weighted by Gasteiger charge is -2.55. The van der Waals surface area contributed by atoms with Gasteiger partial charge in [0.25, 0.3) is 0 Å². The summed E-state index contributed by atoms with van der Waals surface area (Å²) in [6, 6.07) is 13.1. The Morgan fingerprint density at radius 2 is 1.61 bits per heavy atom. The molecule has 2 aliphatic carbocycles. The van der Waals surface area contributed by atoms with Gasteiger partial charge in [-0.1, -0.05) is 49.2 Å². The Bertz CT molecular complexity index is 779. The molecule has 0 radical (unpaired) electrons. The van der Waals surface area contributed by atoms with Gasteiger partial charge in [0.2, 0.25) is 0 Å². The van der Waals surface area contributed by atoms with Crippen molar-refractivity contribution in [3.8, 4) is 5.75 Å². The minimum atomic E-state index is -0.0202. The van der Waals surface area contributed by atoms with Crippen LogP contribution in [0.1, 0.15) is 51.0 Å². The van der Waals surface area contributed by atoms with Crippen molar-refractivity contribution in [2.24, 2.45) is 11.8 Å². The Morgan fingerprint density at radius 3 is 2.35 bits per heavy atom. The summed E-state index contributed by atoms with van der Waals surface area (Å²) >= 11 is 0. The molecule has 0 N–H and O–H groups in total. The number of ether oxygens (including phenoxy) is 1. The van der Waals surface area contributed by atoms with Crippen LogP contribution in [0.5, 0.6) is 5.75 Å². The van der Waals surface area contributed by atoms with Crippen molar-refractivity contribution in [3.05, 3.63) is 47.5 Å². The number of hydrogen-bond acceptors (Lipinski definition) is 1. The first-order valence-electron chi connectivity index (χ1n) is 9.18. The van der Waals surface area contributed by atoms with Crippen LogP contribution in [-0.2, 0) is 0 Å². The standard InChI is InChI=1S/C22H24O/c1-15-14-17-13-12-16-6-2-3-11-20(16)21(17)23-22(15)18-7-4-8-19(22)10-5-9-18/h2-3,6,11-14,18-19H,4-5,7-10H2,1H3. The quantitative estimate of drug-likeness (QED) is 0.582. The Labute approximate surface area is 138 Å². The highest BCUT2D eigenvalue weighted by atomic mass is 16.5. The van der Waals surface area contributed by atoms with Crippen molar-refractivity contribution in [2.75, 3.05) is 0 Å². The molecule has 0 aromatic heterocycles. The Balaban J connectivity index is 1.73. The molecule has 0 saturated heterocycles. The molecule has 1 aliphatic heterocycles. The van der Waals surface area contributed by atoms with E-state index in [-0.39, 0.29) is 5.60 Å². The zero-order chi connectivity index (χ0) is 15.4. The fourth-order valence-corrected chi connectivity index (χ4v) is 5.59. The summed E-state index contributed by atoms with van der Waals surface area (Å²) in [4.78, 5) is 0. The summed E-state index contributed by atoms with van der Waals surface area (Å²) in [7, 11) is 0. The molecule has 23 heavy (non-hydrogen) atoms. The second-order valence-electron chi connectivity index (χ2n) is 7.68. The van der Waals surface area contributed by atoms with Gasteiger partial charge in [0.1, 0.15) is 11.4 Å². The molecule has 1 spiro atoms. The van der Waals surface area contributed by atoms with Crippen LogP contribution in [0.3, 0.4) is 0 Å². The molecule has 2 fully saturated rings. The topological polar surface area (TPSA) is 9.23 Å². The van der Waals surface area contributed by atoms with Crippen LogP contribution >= 0.6 is 0 Å². The van der Waals surface area contributed by atoms with Gasteiger partial charge in [-0.3, -0.25) is 0 Å². The van der Waals surface area contributed by atoms with Crippen molar-refractivity contribution in [1.82, 2.24) is 0 Å². The number of rotatable bonds is 0. The zero-order valence-corrected chi connectivity index (χ0v) is 13.8. The highest BCUT2D eigenvalue weighted by Gasteiger charge is 2.54. The maximum Gasteiger partial charge on any atom is 0.136 e. The van der Waals surface area contributed by atoms with E-state index >= 15 is 0 Å². The second kappa shape index (κ2) is 4.87. The van der Waals surface area contributed by atoms with Gasteiger partial charge < -0.3 is 4.74 Å². The summed E-state index contributed by atoms with van der Waals surface area (Å²) in [5.74, 6) is 2.55. The molecule has 0 amide bonds. The normalized spacial score (nSPS) is 32.3. The van der Waals surface area contributed by atoms with Gasteiger partial charge in [-0.15, -0.1) is 0 Å². The van der Waals surface area contributed by atoms with Gasteiger partial charge in [0, 0.05) is 22.8 Å². The van der Waals surface area contributed by atoms with E-state index < -0.39 is 0 Å². The molecular formula is C22H24O. The lowest BCUT2D eigenvalue weighted by Crippen LogP contribution is -2.56. The summed E-state index contributed by atoms with van der Waals surface area (Å²) in [6.07, 6.45) is 10.5. The fraction of sp³-hybridized carbons (Fsp3) is 0.455. The smallest absolute Gasteiger partial charge is 0.136 e. The van der Waals surface area contributed by atoms with E-state index in [0.717, 1.165) is 5.75 Å². The lowest BCUT2D eigenvalue weighted by atomic mass is 9.58. The third-order valence-electron chi connectivity index (χ3n) is 6.59. The van der Waals surface area contributed by atoms with Gasteiger partial charge in [0.15, 0.2) is 0 Å². The van der Waals surface area contributed by atoms with E-state index in [1.165, 1.54) is 60.4 Å². The van der Waals surface area contributed by atoms with Gasteiger partial charge in [-0.05, 0) is 49.6 Å². The van der Waals surface area contributed by atoms with E-state index in [1.54, 1.807) is 0 Å². The molecule has 2 aromatic carbocycles. The van der Waals surface area contributed by atoms with Crippen molar-refractivity contribution >= 4 is 16.8 Å². The average Bonchev–Trinajstić information content (AvgIpc) is 2.56. The Hall–Kier alpha value is -1.76. The van der Waals surface area contributed by atoms with Crippen molar-refractivity contribution in [3.63, 3.8) is 0 Å². The molecule has 1 nitrogen and oxygen atoms in total. The minimum absolute atomic E-state index is 0.0202. The highest BCUT2D eigenvalue weighted by Crippen LogP contribution is 2.56. The fourth-order valence-electron chi connectivity index (χ4n) is 5.59. The largest absolute Gasteiger partial charge is 0.481 e. The Kier molecular flexibility index (Phi) is 2.89. The van der Waals surface area contributed by atoms with E-state index in [1.807, 2.05) is 0 Å². The molecule has 118 valence electrons. The molecule has 0 unspecified atom stereocenters. The predicted molar refractivity (Wildman–Crippen MR) is 95.6 cm³/mol. The molecule has 5 rings (SSSR count). The van der Waals surface area contributed by atoms with Crippen LogP contribution in [-0.4, -0.2) is 5.60 Å². The van der Waals surface area contributed by atoms with Gasteiger partial charge in [0.05, 0.1) is 0 Å². The van der Waals surface area contributed by atoms with Crippen LogP contribution < -0.4 is 4.74 Å². The summed E-state index contributed by atoms with van der Waals surface area (Å²) < 4.78 is 6.98. The van der Waals surface area contributed by atoms with E-state index in [0.29, 0.717) is 11.8 Å². The number of benzene rings is 2. The van der Waals surface area contributed by atoms with Crippen LogP contribution in [0.2, 0.25) is 0 Å². The van der Waals surface area contributed by atoms with Crippen molar-refractivity contribution in [2.45, 2.75) is 51.0 Å². The molecule has 2 aromatic rings. The zero-order valence-electron chi connectivity index (χ0n) is 13.8. The number of fused-ring (bicyclic) bond motifs is 3. The molecule has 2 bridgehead atoms. The average molecular weight is 304 g/mol. The molecule has 0 atom stereocenters. The molecular weight excluding hydrogens is 280 g/mol. The monoisotopic (exact) mass is 304 g/mol. The molecule has 1 heteroatoms. The second-order valence-corrected chi connectivity index (χ2v) is 7.68. The van der Waals surface area contributed by atoms with E-state index in [9.17, 15) is 0 Å². The lowest BCUT2D eigenvalue weighted by molar-refractivity contribution is -0.0694. The third kappa shape index (κ3) is 1.80. The Morgan fingerprint density at radius 1 is 0.913 bits per heavy atom. The van der Waals surface area contributed by atoms with Crippen LogP contribution in [0.4, 0.5) is 0 Å². The summed E-state index contributed by atoms with van der Waals surface area (Å²) in [5, 5.41) is 2.56. The highest BCUT2D eigenvalue weighted by molar-refractivity contribution is 5.92.